The van der Waals surface area contributed by atoms with Crippen molar-refractivity contribution in [2.75, 3.05) is 12.7 Å². The molecule has 5 rings (SSSR count). The van der Waals surface area contributed by atoms with Crippen molar-refractivity contribution in [3.05, 3.63) is 126 Å². The summed E-state index contributed by atoms with van der Waals surface area (Å²) in [5.74, 6) is -0.364. The summed E-state index contributed by atoms with van der Waals surface area (Å²) in [5.41, 5.74) is 1.02. The van der Waals surface area contributed by atoms with Crippen LogP contribution in [0.4, 0.5) is 0 Å². The van der Waals surface area contributed by atoms with Gasteiger partial charge in [-0.15, -0.1) is 17.0 Å². The molecule has 4 aromatic rings. The Labute approximate surface area is 211 Å². The van der Waals surface area contributed by atoms with Crippen LogP contribution >= 0.6 is 24.2 Å². The maximum atomic E-state index is 12.9. The highest BCUT2D eigenvalue weighted by Crippen LogP contribution is 2.55. The van der Waals surface area contributed by atoms with Gasteiger partial charge in [0.05, 0.1) is 17.3 Å². The Kier molecular flexibility index (Phi) is 7.41. The molecule has 3 nitrogen and oxygen atoms in total. The molecule has 4 aromatic carbocycles. The molecule has 0 saturated heterocycles. The average molecular weight is 531 g/mol. The van der Waals surface area contributed by atoms with Gasteiger partial charge in [0.15, 0.2) is 0 Å². The van der Waals surface area contributed by atoms with Crippen molar-refractivity contribution in [1.29, 1.82) is 0 Å². The maximum Gasteiger partial charge on any atom is 0.261 e. The van der Waals surface area contributed by atoms with Crippen LogP contribution in [0.25, 0.3) is 0 Å². The van der Waals surface area contributed by atoms with Gasteiger partial charge < -0.3 is 0 Å². The van der Waals surface area contributed by atoms with Gasteiger partial charge in [0.1, 0.15) is 23.2 Å². The van der Waals surface area contributed by atoms with Gasteiger partial charge in [-0.1, -0.05) is 66.7 Å². The van der Waals surface area contributed by atoms with Crippen molar-refractivity contribution >= 4 is 52.0 Å². The molecule has 0 atom stereocenters. The lowest BCUT2D eigenvalue weighted by molar-refractivity contribution is 0.0654. The SMILES string of the molecule is Br.O=C1c2ccccc2C(=O)N1CCC[P+](c1ccccc1)(c1ccccc1)c1ccccc1. The van der Waals surface area contributed by atoms with E-state index in [1.807, 2.05) is 30.3 Å². The van der Waals surface area contributed by atoms with Crippen LogP contribution in [0.1, 0.15) is 27.1 Å². The van der Waals surface area contributed by atoms with Crippen molar-refractivity contribution < 1.29 is 9.59 Å². The number of carbonyl (C=O) groups is 2. The van der Waals surface area contributed by atoms with E-state index in [1.54, 1.807) is 12.1 Å². The lowest BCUT2D eigenvalue weighted by atomic mass is 10.1. The number of benzene rings is 4. The zero-order chi connectivity index (χ0) is 22.7. The van der Waals surface area contributed by atoms with Gasteiger partial charge in [-0.05, 0) is 48.5 Å². The normalized spacial score (nSPS) is 12.9. The van der Waals surface area contributed by atoms with Gasteiger partial charge in [-0.3, -0.25) is 14.5 Å². The number of halogens is 1. The van der Waals surface area contributed by atoms with Crippen molar-refractivity contribution in [3.63, 3.8) is 0 Å². The van der Waals surface area contributed by atoms with Crippen LogP contribution < -0.4 is 15.9 Å². The second kappa shape index (κ2) is 10.5. The number of fused-ring (bicyclic) bond motifs is 1. The summed E-state index contributed by atoms with van der Waals surface area (Å²) < 4.78 is 0. The Hall–Kier alpha value is -3.07. The standard InChI is InChI=1S/C29H25NO2P.BrH/c31-28-26-19-10-11-20-27(26)29(32)30(28)21-12-22-33(23-13-4-1-5-14-23,24-15-6-2-7-16-24)25-17-8-3-9-18-25;/h1-11,13-20H,12,21-22H2;1H/q+1;. The molecule has 0 aromatic heterocycles. The number of hydrogen-bond donors (Lipinski definition) is 0. The second-order valence-electron chi connectivity index (χ2n) is 8.20. The maximum absolute atomic E-state index is 12.9. The first kappa shape index (κ1) is 24.1. The Balaban J connectivity index is 0.00000274. The third kappa shape index (κ3) is 4.24. The van der Waals surface area contributed by atoms with E-state index in [2.05, 4.69) is 72.8 Å². The largest absolute Gasteiger partial charge is 0.274 e. The van der Waals surface area contributed by atoms with Crippen molar-refractivity contribution in [2.24, 2.45) is 0 Å². The minimum atomic E-state index is -1.97. The summed E-state index contributed by atoms with van der Waals surface area (Å²) in [6.07, 6.45) is 1.61. The highest BCUT2D eigenvalue weighted by atomic mass is 79.9. The van der Waals surface area contributed by atoms with Gasteiger partial charge in [0.2, 0.25) is 0 Å². The fourth-order valence-corrected chi connectivity index (χ4v) is 9.12. The van der Waals surface area contributed by atoms with Crippen LogP contribution in [-0.4, -0.2) is 29.4 Å². The van der Waals surface area contributed by atoms with Crippen LogP contribution in [0.5, 0.6) is 0 Å². The van der Waals surface area contributed by atoms with E-state index in [-0.39, 0.29) is 28.8 Å². The predicted octanol–water partition coefficient (Wildman–Crippen LogP) is 5.24. The third-order valence-electron chi connectivity index (χ3n) is 6.34. The zero-order valence-corrected chi connectivity index (χ0v) is 21.3. The number of imide groups is 1. The summed E-state index contributed by atoms with van der Waals surface area (Å²) >= 11 is 0. The molecular formula is C29H26BrNO2P+. The number of rotatable bonds is 7. The molecule has 0 radical (unpaired) electrons. The molecule has 170 valence electrons. The van der Waals surface area contributed by atoms with Crippen molar-refractivity contribution in [2.45, 2.75) is 6.42 Å². The Morgan fingerprint density at radius 2 is 0.882 bits per heavy atom. The van der Waals surface area contributed by atoms with E-state index >= 15 is 0 Å². The van der Waals surface area contributed by atoms with E-state index in [4.69, 9.17) is 0 Å². The second-order valence-corrected chi connectivity index (χ2v) is 11.8. The highest BCUT2D eigenvalue weighted by molar-refractivity contribution is 8.93. The monoisotopic (exact) mass is 530 g/mol. The molecule has 34 heavy (non-hydrogen) atoms. The van der Waals surface area contributed by atoms with Gasteiger partial charge in [0, 0.05) is 13.0 Å². The van der Waals surface area contributed by atoms with Crippen molar-refractivity contribution in [3.8, 4) is 0 Å². The molecule has 0 N–H and O–H groups in total. The number of carbonyl (C=O) groups excluding carboxylic acids is 2. The van der Waals surface area contributed by atoms with Gasteiger partial charge in [-0.2, -0.15) is 0 Å². The number of hydrogen-bond acceptors (Lipinski definition) is 2. The molecule has 5 heteroatoms. The summed E-state index contributed by atoms with van der Waals surface area (Å²) in [7, 11) is -1.97. The van der Waals surface area contributed by atoms with E-state index in [0.29, 0.717) is 17.7 Å². The number of amides is 2. The lowest BCUT2D eigenvalue weighted by Gasteiger charge is -2.28. The molecule has 0 aliphatic carbocycles. The first-order valence-corrected chi connectivity index (χ1v) is 13.2. The summed E-state index contributed by atoms with van der Waals surface area (Å²) in [4.78, 5) is 27.2. The first-order valence-electron chi connectivity index (χ1n) is 11.2. The molecular weight excluding hydrogens is 505 g/mol. The van der Waals surface area contributed by atoms with Crippen LogP contribution in [-0.2, 0) is 0 Å². The minimum absolute atomic E-state index is 0. The molecule has 0 saturated carbocycles. The molecule has 1 aliphatic rings. The Morgan fingerprint density at radius 3 is 1.26 bits per heavy atom. The zero-order valence-electron chi connectivity index (χ0n) is 18.7. The summed E-state index contributed by atoms with van der Waals surface area (Å²) in [6.45, 7) is 0.417. The number of nitrogens with zero attached hydrogens (tertiary/aromatic N) is 1. The van der Waals surface area contributed by atoms with E-state index in [0.717, 1.165) is 12.6 Å². The average Bonchev–Trinajstić information content (AvgIpc) is 3.13. The predicted molar refractivity (Wildman–Crippen MR) is 147 cm³/mol. The third-order valence-corrected chi connectivity index (χ3v) is 10.9. The first-order chi connectivity index (χ1) is 16.2. The Bertz CT molecular complexity index is 1150. The molecule has 0 spiro atoms. The molecule has 0 unspecified atom stereocenters. The van der Waals surface area contributed by atoms with Gasteiger partial charge >= 0.3 is 0 Å². The van der Waals surface area contributed by atoms with E-state index in [1.165, 1.54) is 20.8 Å². The van der Waals surface area contributed by atoms with Crippen LogP contribution in [0.15, 0.2) is 115 Å². The van der Waals surface area contributed by atoms with Crippen molar-refractivity contribution in [1.82, 2.24) is 4.90 Å². The van der Waals surface area contributed by atoms with Crippen LogP contribution in [0.3, 0.4) is 0 Å². The van der Waals surface area contributed by atoms with Gasteiger partial charge in [0.25, 0.3) is 11.8 Å². The van der Waals surface area contributed by atoms with Crippen LogP contribution in [0.2, 0.25) is 0 Å². The highest BCUT2D eigenvalue weighted by Gasteiger charge is 2.45. The molecule has 0 fully saturated rings. The van der Waals surface area contributed by atoms with Crippen LogP contribution in [0, 0.1) is 0 Å². The fraction of sp³-hybridized carbons (Fsp3) is 0.103. The smallest absolute Gasteiger partial charge is 0.261 e. The summed E-state index contributed by atoms with van der Waals surface area (Å²) in [5, 5.41) is 3.93. The topological polar surface area (TPSA) is 37.4 Å². The summed E-state index contributed by atoms with van der Waals surface area (Å²) in [6, 6.07) is 39.1. The fourth-order valence-electron chi connectivity index (χ4n) is 4.79. The quantitative estimate of drug-likeness (QED) is 0.242. The molecule has 2 amide bonds. The minimum Gasteiger partial charge on any atom is -0.274 e. The van der Waals surface area contributed by atoms with Gasteiger partial charge in [-0.25, -0.2) is 0 Å². The Morgan fingerprint density at radius 1 is 0.529 bits per heavy atom. The lowest BCUT2D eigenvalue weighted by Crippen LogP contribution is -2.36. The molecule has 0 bridgehead atoms. The van der Waals surface area contributed by atoms with E-state index < -0.39 is 7.26 Å². The van der Waals surface area contributed by atoms with E-state index in [9.17, 15) is 9.59 Å². The molecule has 1 aliphatic heterocycles. The molecule has 1 heterocycles.